The van der Waals surface area contributed by atoms with Crippen LogP contribution in [0.15, 0.2) is 36.5 Å². The van der Waals surface area contributed by atoms with Gasteiger partial charge in [0.05, 0.1) is 12.7 Å². The van der Waals surface area contributed by atoms with E-state index >= 15 is 0 Å². The molecule has 0 aliphatic carbocycles. The Balaban J connectivity index is 3.67. The molecule has 2 atom stereocenters. The summed E-state index contributed by atoms with van der Waals surface area (Å²) in [7, 11) is 0. The van der Waals surface area contributed by atoms with Crippen molar-refractivity contribution < 1.29 is 29.3 Å². The van der Waals surface area contributed by atoms with Crippen molar-refractivity contribution in [2.45, 2.75) is 174 Å². The summed E-state index contributed by atoms with van der Waals surface area (Å²) in [6.07, 6.45) is 35.0. The second kappa shape index (κ2) is 33.0. The highest BCUT2D eigenvalue weighted by Gasteiger charge is 2.16. The fraction of sp³-hybridized carbons (Fsp3) is 0.784. The van der Waals surface area contributed by atoms with Gasteiger partial charge in [-0.15, -0.1) is 0 Å². The van der Waals surface area contributed by atoms with Crippen molar-refractivity contribution in [1.29, 1.82) is 0 Å². The molecule has 0 aliphatic heterocycles. The van der Waals surface area contributed by atoms with Crippen LogP contribution in [0, 0.1) is 0 Å². The van der Waals surface area contributed by atoms with Crippen LogP contribution in [0.4, 0.5) is 0 Å². The van der Waals surface area contributed by atoms with E-state index in [1.54, 1.807) is 0 Å². The summed E-state index contributed by atoms with van der Waals surface area (Å²) in [5.74, 6) is -0.667. The van der Waals surface area contributed by atoms with E-state index in [0.29, 0.717) is 12.8 Å². The van der Waals surface area contributed by atoms with Gasteiger partial charge in [-0.1, -0.05) is 153 Å². The van der Waals surface area contributed by atoms with E-state index in [2.05, 4.69) is 32.1 Å². The molecule has 0 amide bonds. The largest absolute Gasteiger partial charge is 0.462 e. The highest BCUT2D eigenvalue weighted by atomic mass is 16.6. The summed E-state index contributed by atoms with van der Waals surface area (Å²) in [6.45, 7) is 3.91. The maximum Gasteiger partial charge on any atom is 0.306 e. The molecule has 6 nitrogen and oxygen atoms in total. The quantitative estimate of drug-likeness (QED) is 0.0353. The smallest absolute Gasteiger partial charge is 0.306 e. The molecule has 43 heavy (non-hydrogen) atoms. The monoisotopic (exact) mass is 606 g/mol. The zero-order valence-electron chi connectivity index (χ0n) is 27.8. The third kappa shape index (κ3) is 31.3. The van der Waals surface area contributed by atoms with Gasteiger partial charge >= 0.3 is 11.9 Å². The Morgan fingerprint density at radius 2 is 1.19 bits per heavy atom. The van der Waals surface area contributed by atoms with Crippen molar-refractivity contribution in [3.05, 3.63) is 36.5 Å². The molecular weight excluding hydrogens is 540 g/mol. The Morgan fingerprint density at radius 3 is 1.74 bits per heavy atom. The molecule has 0 aromatic rings. The topological polar surface area (TPSA) is 93.1 Å². The lowest BCUT2D eigenvalue weighted by Crippen LogP contribution is -2.28. The summed E-state index contributed by atoms with van der Waals surface area (Å²) < 4.78 is 10.5. The van der Waals surface area contributed by atoms with Gasteiger partial charge in [0, 0.05) is 12.8 Å². The van der Waals surface area contributed by atoms with Crippen LogP contribution >= 0.6 is 0 Å². The molecule has 0 saturated carbocycles. The van der Waals surface area contributed by atoms with Crippen LogP contribution < -0.4 is 0 Å². The second-order valence-corrected chi connectivity index (χ2v) is 11.8. The minimum Gasteiger partial charge on any atom is -0.462 e. The number of aliphatic hydroxyl groups is 2. The molecule has 0 aromatic carbocycles. The van der Waals surface area contributed by atoms with E-state index < -0.39 is 12.2 Å². The van der Waals surface area contributed by atoms with Crippen molar-refractivity contribution in [3.8, 4) is 0 Å². The first-order valence-corrected chi connectivity index (χ1v) is 17.7. The van der Waals surface area contributed by atoms with Crippen LogP contribution in [-0.4, -0.2) is 47.6 Å². The van der Waals surface area contributed by atoms with Gasteiger partial charge in [-0.3, -0.25) is 9.59 Å². The number of ether oxygens (including phenoxy) is 2. The minimum absolute atomic E-state index is 0.101. The van der Waals surface area contributed by atoms with Crippen molar-refractivity contribution in [3.63, 3.8) is 0 Å². The standard InChI is InChI=1S/C37H66O6/c1-3-5-7-9-11-12-13-14-15-16-18-22-27-31-37(41)43-35(32-38)33-42-36(40)30-26-23-19-21-25-29-34(39)28-24-20-17-10-8-6-4-2/h6,8,17,20,24,28,34-35,38-39H,3-5,7,9-16,18-19,21-23,25-27,29-33H2,1-2H3/b8-6+,20-17+,28-24+/t34?,35-/m0/s1. The molecule has 0 rings (SSSR count). The molecule has 0 aliphatic rings. The van der Waals surface area contributed by atoms with Crippen LogP contribution in [-0.2, 0) is 19.1 Å². The van der Waals surface area contributed by atoms with Crippen molar-refractivity contribution >= 4 is 11.9 Å². The first kappa shape index (κ1) is 41.1. The number of aliphatic hydroxyl groups excluding tert-OH is 2. The van der Waals surface area contributed by atoms with Gasteiger partial charge in [0.15, 0.2) is 6.10 Å². The highest BCUT2D eigenvalue weighted by Crippen LogP contribution is 2.14. The summed E-state index contributed by atoms with van der Waals surface area (Å²) in [4.78, 5) is 24.1. The molecule has 0 spiro atoms. The van der Waals surface area contributed by atoms with Crippen molar-refractivity contribution in [2.75, 3.05) is 13.2 Å². The second-order valence-electron chi connectivity index (χ2n) is 11.8. The first-order valence-electron chi connectivity index (χ1n) is 17.7. The Bertz CT molecular complexity index is 714. The number of hydrogen-bond donors (Lipinski definition) is 2. The predicted molar refractivity (Wildman–Crippen MR) is 179 cm³/mol. The third-order valence-electron chi connectivity index (χ3n) is 7.55. The minimum atomic E-state index is -0.799. The van der Waals surface area contributed by atoms with Gasteiger partial charge in [0.25, 0.3) is 0 Å². The molecule has 0 saturated heterocycles. The SMILES string of the molecule is CC/C=C/C/C=C/C=C/C(O)CCCCCCCC(=O)OC[C@H](CO)OC(=O)CCCCCCCCCCCCCCC. The predicted octanol–water partition coefficient (Wildman–Crippen LogP) is 9.48. The zero-order chi connectivity index (χ0) is 31.6. The average Bonchev–Trinajstić information content (AvgIpc) is 3.00. The molecule has 0 aromatic heterocycles. The van der Waals surface area contributed by atoms with E-state index in [1.807, 2.05) is 18.2 Å². The molecule has 1 unspecified atom stereocenters. The van der Waals surface area contributed by atoms with Crippen LogP contribution in [0.3, 0.4) is 0 Å². The lowest BCUT2D eigenvalue weighted by Gasteiger charge is -2.15. The third-order valence-corrected chi connectivity index (χ3v) is 7.55. The summed E-state index contributed by atoms with van der Waals surface area (Å²) in [5, 5.41) is 19.5. The van der Waals surface area contributed by atoms with Crippen LogP contribution in [0.2, 0.25) is 0 Å². The van der Waals surface area contributed by atoms with E-state index in [-0.39, 0.29) is 25.2 Å². The summed E-state index contributed by atoms with van der Waals surface area (Å²) in [6, 6.07) is 0. The molecule has 0 bridgehead atoms. The Labute approximate surface area is 264 Å². The number of allylic oxidation sites excluding steroid dienone is 5. The van der Waals surface area contributed by atoms with Gasteiger partial charge in [-0.2, -0.15) is 0 Å². The number of carbonyl (C=O) groups is 2. The Kier molecular flexibility index (Phi) is 31.5. The Morgan fingerprint density at radius 1 is 0.651 bits per heavy atom. The summed E-state index contributed by atoms with van der Waals surface area (Å²) >= 11 is 0. The lowest BCUT2D eigenvalue weighted by atomic mass is 10.0. The first-order chi connectivity index (χ1) is 21.0. The van der Waals surface area contributed by atoms with Crippen molar-refractivity contribution in [1.82, 2.24) is 0 Å². The molecule has 250 valence electrons. The van der Waals surface area contributed by atoms with E-state index in [1.165, 1.54) is 64.2 Å². The van der Waals surface area contributed by atoms with Crippen molar-refractivity contribution in [2.24, 2.45) is 0 Å². The molecule has 6 heteroatoms. The molecule has 0 radical (unpaired) electrons. The summed E-state index contributed by atoms with van der Waals surface area (Å²) in [5.41, 5.74) is 0. The average molecular weight is 607 g/mol. The molecular formula is C37H66O6. The molecule has 0 fully saturated rings. The lowest BCUT2D eigenvalue weighted by molar-refractivity contribution is -0.161. The number of unbranched alkanes of at least 4 members (excludes halogenated alkanes) is 16. The van der Waals surface area contributed by atoms with Gasteiger partial charge in [-0.25, -0.2) is 0 Å². The van der Waals surface area contributed by atoms with E-state index in [0.717, 1.165) is 70.6 Å². The molecule has 0 heterocycles. The maximum absolute atomic E-state index is 12.1. The number of carbonyl (C=O) groups excluding carboxylic acids is 2. The van der Waals surface area contributed by atoms with Gasteiger partial charge < -0.3 is 19.7 Å². The van der Waals surface area contributed by atoms with Gasteiger partial charge in [0.1, 0.15) is 6.61 Å². The Hall–Kier alpha value is -1.92. The molecule has 2 N–H and O–H groups in total. The van der Waals surface area contributed by atoms with Crippen LogP contribution in [0.1, 0.15) is 162 Å². The van der Waals surface area contributed by atoms with Crippen LogP contribution in [0.25, 0.3) is 0 Å². The fourth-order valence-corrected chi connectivity index (χ4v) is 4.85. The van der Waals surface area contributed by atoms with Gasteiger partial charge in [0.2, 0.25) is 0 Å². The fourth-order valence-electron chi connectivity index (χ4n) is 4.85. The highest BCUT2D eigenvalue weighted by molar-refractivity contribution is 5.70. The van der Waals surface area contributed by atoms with Crippen LogP contribution in [0.5, 0.6) is 0 Å². The maximum atomic E-state index is 12.1. The number of esters is 2. The van der Waals surface area contributed by atoms with E-state index in [4.69, 9.17) is 9.47 Å². The normalized spacial score (nSPS) is 13.3. The zero-order valence-corrected chi connectivity index (χ0v) is 27.8. The van der Waals surface area contributed by atoms with Gasteiger partial charge in [-0.05, 0) is 32.1 Å². The number of hydrogen-bond acceptors (Lipinski definition) is 6. The van der Waals surface area contributed by atoms with E-state index in [9.17, 15) is 19.8 Å². The number of rotatable bonds is 31.